The Morgan fingerprint density at radius 2 is 1.08 bits per heavy atom. The number of unbranched alkanes of at least 4 members (excludes halogenated alkanes) is 3. The zero-order chi connectivity index (χ0) is 37.3. The Labute approximate surface area is 302 Å². The fourth-order valence-electron chi connectivity index (χ4n) is 5.34. The van der Waals surface area contributed by atoms with Crippen LogP contribution < -0.4 is 9.47 Å². The van der Waals surface area contributed by atoms with Gasteiger partial charge in [0.25, 0.3) is 0 Å². The molecule has 4 aromatic carbocycles. The highest BCUT2D eigenvalue weighted by molar-refractivity contribution is 5.88. The highest BCUT2D eigenvalue weighted by Gasteiger charge is 2.13. The molecule has 4 rings (SSSR count). The molecule has 8 nitrogen and oxygen atoms in total. The standard InChI is InChI=1S/C42H44F2O8/c1-29(27-45)41(47)51-23-21-49-36-14-8-31(9-15-36)33-12-18-38(34(25-33)7-5-3-4-6-20-43)35-13-19-39(40(44)26-35)32-10-16-37(17-11-32)50-22-24-52-42(48)30(2)28-46/h8-19,25-26,45-46H,1-7,20-24,27-28H2. The number of aryl methyl sites for hydroxylation is 1. The molecule has 0 unspecified atom stereocenters. The number of carbonyl (C=O) groups excluding carboxylic acids is 2. The minimum Gasteiger partial charge on any atom is -0.490 e. The quantitative estimate of drug-likeness (QED) is 0.0511. The number of ether oxygens (including phenoxy) is 4. The lowest BCUT2D eigenvalue weighted by molar-refractivity contribution is -0.141. The van der Waals surface area contributed by atoms with E-state index >= 15 is 4.39 Å². The van der Waals surface area contributed by atoms with Crippen molar-refractivity contribution in [1.29, 1.82) is 0 Å². The van der Waals surface area contributed by atoms with Crippen molar-refractivity contribution in [2.24, 2.45) is 0 Å². The number of halogens is 2. The van der Waals surface area contributed by atoms with Gasteiger partial charge in [-0.05, 0) is 83.0 Å². The largest absolute Gasteiger partial charge is 0.490 e. The van der Waals surface area contributed by atoms with E-state index in [1.165, 1.54) is 0 Å². The van der Waals surface area contributed by atoms with Gasteiger partial charge in [-0.3, -0.25) is 4.39 Å². The molecule has 274 valence electrons. The maximum absolute atomic E-state index is 15.7. The first-order valence-electron chi connectivity index (χ1n) is 17.1. The molecule has 4 aromatic rings. The molecular formula is C42H44F2O8. The fourth-order valence-corrected chi connectivity index (χ4v) is 5.34. The summed E-state index contributed by atoms with van der Waals surface area (Å²) in [5.74, 6) is -0.586. The molecule has 0 atom stereocenters. The molecule has 0 amide bonds. The van der Waals surface area contributed by atoms with Crippen LogP contribution in [-0.4, -0.2) is 68.5 Å². The molecule has 0 aliphatic rings. The number of hydrogen-bond donors (Lipinski definition) is 2. The van der Waals surface area contributed by atoms with Crippen molar-refractivity contribution >= 4 is 11.9 Å². The van der Waals surface area contributed by atoms with Crippen molar-refractivity contribution in [1.82, 2.24) is 0 Å². The molecule has 0 spiro atoms. The van der Waals surface area contributed by atoms with Crippen molar-refractivity contribution in [2.75, 3.05) is 46.3 Å². The first kappa shape index (κ1) is 39.5. The molecule has 0 fully saturated rings. The van der Waals surface area contributed by atoms with Crippen molar-refractivity contribution in [3.05, 3.63) is 121 Å². The van der Waals surface area contributed by atoms with E-state index < -0.39 is 25.2 Å². The number of benzene rings is 4. The molecule has 0 aliphatic carbocycles. The number of esters is 2. The summed E-state index contributed by atoms with van der Waals surface area (Å²) in [4.78, 5) is 23.2. The van der Waals surface area contributed by atoms with Crippen LogP contribution in [0.25, 0.3) is 33.4 Å². The number of aliphatic hydroxyl groups excluding tert-OH is 2. The van der Waals surface area contributed by atoms with Gasteiger partial charge in [0.2, 0.25) is 0 Å². The Morgan fingerprint density at radius 1 is 0.577 bits per heavy atom. The SMILES string of the molecule is C=C(CO)C(=O)OCCOc1ccc(-c2ccc(-c3ccc(-c4ccc(OCCOC(=O)C(=C)CO)cc4)c(F)c3)c(CCCCCCF)c2)cc1. The van der Waals surface area contributed by atoms with Gasteiger partial charge in [0, 0.05) is 5.56 Å². The molecule has 0 bridgehead atoms. The molecule has 0 heterocycles. The van der Waals surface area contributed by atoms with E-state index in [9.17, 15) is 14.0 Å². The molecule has 0 radical (unpaired) electrons. The average molecular weight is 715 g/mol. The van der Waals surface area contributed by atoms with Crippen LogP contribution in [-0.2, 0) is 25.5 Å². The van der Waals surface area contributed by atoms with Crippen LogP contribution in [0.15, 0.2) is 109 Å². The van der Waals surface area contributed by atoms with Gasteiger partial charge >= 0.3 is 11.9 Å². The maximum Gasteiger partial charge on any atom is 0.335 e. The summed E-state index contributed by atoms with van der Waals surface area (Å²) in [6, 6.07) is 25.8. The molecule has 10 heteroatoms. The predicted molar refractivity (Wildman–Crippen MR) is 196 cm³/mol. The summed E-state index contributed by atoms with van der Waals surface area (Å²) in [6.45, 7) is 5.83. The fraction of sp³-hybridized carbons (Fsp3) is 0.286. The second-order valence-corrected chi connectivity index (χ2v) is 12.0. The minimum atomic E-state index is -0.683. The van der Waals surface area contributed by atoms with Gasteiger partial charge in [-0.2, -0.15) is 0 Å². The second kappa shape index (κ2) is 20.5. The van der Waals surface area contributed by atoms with Crippen LogP contribution in [0.4, 0.5) is 8.78 Å². The third-order valence-electron chi connectivity index (χ3n) is 8.20. The van der Waals surface area contributed by atoms with E-state index in [0.29, 0.717) is 29.0 Å². The third kappa shape index (κ3) is 11.6. The number of carbonyl (C=O) groups is 2. The van der Waals surface area contributed by atoms with Crippen LogP contribution in [0.3, 0.4) is 0 Å². The van der Waals surface area contributed by atoms with E-state index in [0.717, 1.165) is 53.5 Å². The van der Waals surface area contributed by atoms with Gasteiger partial charge in [0.1, 0.15) is 43.7 Å². The molecular weight excluding hydrogens is 670 g/mol. The van der Waals surface area contributed by atoms with Crippen molar-refractivity contribution in [3.8, 4) is 44.9 Å². The van der Waals surface area contributed by atoms with Gasteiger partial charge in [-0.15, -0.1) is 0 Å². The van der Waals surface area contributed by atoms with Gasteiger partial charge in [0.15, 0.2) is 0 Å². The van der Waals surface area contributed by atoms with E-state index in [4.69, 9.17) is 29.2 Å². The van der Waals surface area contributed by atoms with E-state index in [1.54, 1.807) is 36.4 Å². The van der Waals surface area contributed by atoms with Gasteiger partial charge in [-0.25, -0.2) is 14.0 Å². The number of aliphatic hydroxyl groups is 2. The molecule has 0 saturated carbocycles. The van der Waals surface area contributed by atoms with Gasteiger partial charge in [-0.1, -0.05) is 80.6 Å². The zero-order valence-corrected chi connectivity index (χ0v) is 29.1. The number of rotatable bonds is 21. The summed E-state index contributed by atoms with van der Waals surface area (Å²) >= 11 is 0. The first-order chi connectivity index (χ1) is 25.2. The Bertz CT molecular complexity index is 1800. The number of hydrogen-bond acceptors (Lipinski definition) is 8. The van der Waals surface area contributed by atoms with Crippen molar-refractivity contribution < 1.29 is 47.5 Å². The zero-order valence-electron chi connectivity index (χ0n) is 29.1. The molecule has 0 aromatic heterocycles. The number of alkyl halides is 1. The highest BCUT2D eigenvalue weighted by atomic mass is 19.1. The summed E-state index contributed by atoms with van der Waals surface area (Å²) in [5.41, 5.74) is 5.73. The van der Waals surface area contributed by atoms with E-state index in [-0.39, 0.29) is 50.1 Å². The van der Waals surface area contributed by atoms with Crippen LogP contribution in [0.1, 0.15) is 31.2 Å². The van der Waals surface area contributed by atoms with Crippen molar-refractivity contribution in [2.45, 2.75) is 32.1 Å². The third-order valence-corrected chi connectivity index (χ3v) is 8.20. The Morgan fingerprint density at radius 3 is 1.62 bits per heavy atom. The van der Waals surface area contributed by atoms with Gasteiger partial charge < -0.3 is 29.2 Å². The molecule has 2 N–H and O–H groups in total. The highest BCUT2D eigenvalue weighted by Crippen LogP contribution is 2.34. The molecule has 0 aliphatic heterocycles. The molecule has 0 saturated heterocycles. The monoisotopic (exact) mass is 714 g/mol. The smallest absolute Gasteiger partial charge is 0.335 e. The summed E-state index contributed by atoms with van der Waals surface area (Å²) < 4.78 is 49.6. The lowest BCUT2D eigenvalue weighted by Crippen LogP contribution is -2.14. The second-order valence-electron chi connectivity index (χ2n) is 12.0. The Hall–Kier alpha value is -5.32. The Balaban J connectivity index is 1.44. The topological polar surface area (TPSA) is 112 Å². The normalized spacial score (nSPS) is 10.8. The van der Waals surface area contributed by atoms with Crippen LogP contribution in [0.5, 0.6) is 11.5 Å². The lowest BCUT2D eigenvalue weighted by Gasteiger charge is -2.15. The minimum absolute atomic E-state index is 0.0101. The lowest BCUT2D eigenvalue weighted by atomic mass is 9.91. The van der Waals surface area contributed by atoms with Crippen LogP contribution >= 0.6 is 0 Å². The van der Waals surface area contributed by atoms with Gasteiger partial charge in [0.05, 0.1) is 31.0 Å². The summed E-state index contributed by atoms with van der Waals surface area (Å²) in [5, 5.41) is 17.9. The Kier molecular flexibility index (Phi) is 15.6. The average Bonchev–Trinajstić information content (AvgIpc) is 3.17. The first-order valence-corrected chi connectivity index (χ1v) is 17.1. The van der Waals surface area contributed by atoms with Crippen molar-refractivity contribution in [3.63, 3.8) is 0 Å². The maximum atomic E-state index is 15.7. The van der Waals surface area contributed by atoms with E-state index in [1.807, 2.05) is 42.5 Å². The summed E-state index contributed by atoms with van der Waals surface area (Å²) in [7, 11) is 0. The summed E-state index contributed by atoms with van der Waals surface area (Å²) in [6.07, 6.45) is 3.86. The molecule has 52 heavy (non-hydrogen) atoms. The predicted octanol–water partition coefficient (Wildman–Crippen LogP) is 7.84. The van der Waals surface area contributed by atoms with Crippen LogP contribution in [0.2, 0.25) is 0 Å². The van der Waals surface area contributed by atoms with E-state index in [2.05, 4.69) is 19.2 Å². The van der Waals surface area contributed by atoms with Crippen LogP contribution in [0, 0.1) is 5.82 Å².